The first kappa shape index (κ1) is 24.3. The minimum Gasteiger partial charge on any atom is -0.496 e. The monoisotopic (exact) mass is 455 g/mol. The van der Waals surface area contributed by atoms with Crippen LogP contribution in [0.25, 0.3) is 10.9 Å². The number of hydrogen-bond donors (Lipinski definition) is 4. The lowest BCUT2D eigenvalue weighted by Gasteiger charge is -2.24. The third kappa shape index (κ3) is 6.12. The number of nitrogens with zero attached hydrogens (tertiary/aromatic N) is 1. The van der Waals surface area contributed by atoms with E-state index in [1.54, 1.807) is 13.2 Å². The van der Waals surface area contributed by atoms with Gasteiger partial charge in [0.25, 0.3) is 5.91 Å². The summed E-state index contributed by atoms with van der Waals surface area (Å²) in [5.74, 6) is 0.0203. The molecule has 0 aliphatic carbocycles. The smallest absolute Gasteiger partial charge is 0.268 e. The van der Waals surface area contributed by atoms with Gasteiger partial charge in [-0.1, -0.05) is 19.9 Å². The summed E-state index contributed by atoms with van der Waals surface area (Å²) in [5, 5.41) is 9.45. The Hall–Kier alpha value is -3.36. The van der Waals surface area contributed by atoms with Gasteiger partial charge in [-0.25, -0.2) is 0 Å². The summed E-state index contributed by atoms with van der Waals surface area (Å²) < 4.78 is 5.36. The zero-order valence-electron chi connectivity index (χ0n) is 19.4. The van der Waals surface area contributed by atoms with E-state index in [1.165, 1.54) is 0 Å². The lowest BCUT2D eigenvalue weighted by molar-refractivity contribution is -0.125. The fourth-order valence-corrected chi connectivity index (χ4v) is 4.22. The second-order valence-electron chi connectivity index (χ2n) is 8.88. The van der Waals surface area contributed by atoms with Gasteiger partial charge in [0.15, 0.2) is 0 Å². The van der Waals surface area contributed by atoms with Crippen molar-refractivity contribution in [2.75, 3.05) is 20.2 Å². The number of hydrogen-bond acceptors (Lipinski definition) is 5. The molecule has 1 aromatic heterocycles. The first-order valence-electron chi connectivity index (χ1n) is 11.3. The van der Waals surface area contributed by atoms with Crippen molar-refractivity contribution in [2.45, 2.75) is 45.2 Å². The molecule has 9 nitrogen and oxygen atoms in total. The average molecular weight is 456 g/mol. The number of aromatic amines is 1. The highest BCUT2D eigenvalue weighted by atomic mass is 16.5. The third-order valence-corrected chi connectivity index (χ3v) is 5.85. The van der Waals surface area contributed by atoms with Crippen molar-refractivity contribution in [3.8, 4) is 5.75 Å². The highest BCUT2D eigenvalue weighted by molar-refractivity contribution is 6.01. The Labute approximate surface area is 193 Å². The molecule has 2 heterocycles. The van der Waals surface area contributed by atoms with Crippen molar-refractivity contribution in [3.63, 3.8) is 0 Å². The third-order valence-electron chi connectivity index (χ3n) is 5.85. The van der Waals surface area contributed by atoms with Gasteiger partial charge in [-0.15, -0.1) is 0 Å². The maximum Gasteiger partial charge on any atom is 0.268 e. The van der Waals surface area contributed by atoms with Crippen LogP contribution >= 0.6 is 0 Å². The molecule has 1 aliphatic heterocycles. The van der Waals surface area contributed by atoms with Gasteiger partial charge in [0.2, 0.25) is 11.8 Å². The molecule has 0 saturated carbocycles. The number of fused-ring (bicyclic) bond motifs is 1. The molecule has 0 radical (unpaired) electrons. The van der Waals surface area contributed by atoms with E-state index in [-0.39, 0.29) is 35.6 Å². The number of carbonyl (C=O) groups is 3. The molecule has 3 rings (SSSR count). The predicted molar refractivity (Wildman–Crippen MR) is 128 cm³/mol. The van der Waals surface area contributed by atoms with Crippen molar-refractivity contribution in [3.05, 3.63) is 30.0 Å². The SMILES string of the molecule is C=NCC(CC1CCNC1=O)NC(=O)C(CC(C)C)NC(=O)c1cc2c(OC)cccc2[nH]1. The summed E-state index contributed by atoms with van der Waals surface area (Å²) >= 11 is 0. The number of H-pyrrole nitrogens is 1. The van der Waals surface area contributed by atoms with Crippen molar-refractivity contribution in [1.82, 2.24) is 20.9 Å². The van der Waals surface area contributed by atoms with E-state index in [4.69, 9.17) is 4.74 Å². The highest BCUT2D eigenvalue weighted by Crippen LogP contribution is 2.26. The lowest BCUT2D eigenvalue weighted by atomic mass is 9.97. The minimum absolute atomic E-state index is 0.000385. The Balaban J connectivity index is 1.72. The molecule has 1 aromatic carbocycles. The number of rotatable bonds is 11. The number of carbonyl (C=O) groups excluding carboxylic acids is 3. The summed E-state index contributed by atoms with van der Waals surface area (Å²) in [6.07, 6.45) is 1.69. The van der Waals surface area contributed by atoms with Gasteiger partial charge < -0.3 is 25.7 Å². The van der Waals surface area contributed by atoms with Gasteiger partial charge in [0.1, 0.15) is 17.5 Å². The zero-order valence-corrected chi connectivity index (χ0v) is 19.4. The number of aromatic nitrogens is 1. The quantitative estimate of drug-likeness (QED) is 0.387. The summed E-state index contributed by atoms with van der Waals surface area (Å²) in [4.78, 5) is 45.1. The first-order valence-corrected chi connectivity index (χ1v) is 11.3. The van der Waals surface area contributed by atoms with Crippen LogP contribution in [-0.4, -0.2) is 61.7 Å². The summed E-state index contributed by atoms with van der Waals surface area (Å²) in [7, 11) is 1.58. The Morgan fingerprint density at radius 3 is 2.73 bits per heavy atom. The fourth-order valence-electron chi connectivity index (χ4n) is 4.22. The Morgan fingerprint density at radius 1 is 1.30 bits per heavy atom. The first-order chi connectivity index (χ1) is 15.8. The van der Waals surface area contributed by atoms with Crippen LogP contribution in [0.4, 0.5) is 0 Å². The van der Waals surface area contributed by atoms with E-state index in [0.29, 0.717) is 37.4 Å². The minimum atomic E-state index is -0.726. The Morgan fingerprint density at radius 2 is 2.09 bits per heavy atom. The zero-order chi connectivity index (χ0) is 24.0. The molecule has 178 valence electrons. The van der Waals surface area contributed by atoms with Gasteiger partial charge in [0.05, 0.1) is 13.7 Å². The average Bonchev–Trinajstić information content (AvgIpc) is 3.39. The van der Waals surface area contributed by atoms with E-state index in [1.807, 2.05) is 32.0 Å². The molecule has 1 fully saturated rings. The van der Waals surface area contributed by atoms with Crippen LogP contribution in [0.15, 0.2) is 29.3 Å². The topological polar surface area (TPSA) is 125 Å². The van der Waals surface area contributed by atoms with Crippen molar-refractivity contribution < 1.29 is 19.1 Å². The summed E-state index contributed by atoms with van der Waals surface area (Å²) in [6.45, 7) is 8.47. The molecule has 3 amide bonds. The van der Waals surface area contributed by atoms with Gasteiger partial charge in [0, 0.05) is 29.4 Å². The molecule has 4 N–H and O–H groups in total. The molecule has 3 atom stereocenters. The standard InChI is InChI=1S/C24H33N5O4/c1-14(2)10-19(23(31)27-16(13-25-3)11-15-8-9-26-22(15)30)29-24(32)20-12-17-18(28-20)6-5-7-21(17)33-4/h5-7,12,14-16,19,28H,3,8-11,13H2,1-2,4H3,(H,26,30)(H,27,31)(H,29,32). The van der Waals surface area contributed by atoms with Crippen LogP contribution in [0.1, 0.15) is 43.6 Å². The maximum atomic E-state index is 13.1. The van der Waals surface area contributed by atoms with Crippen LogP contribution in [0, 0.1) is 11.8 Å². The number of aliphatic imine (C=N–C) groups is 1. The predicted octanol–water partition coefficient (Wildman–Crippen LogP) is 2.03. The molecule has 1 aliphatic rings. The van der Waals surface area contributed by atoms with Crippen molar-refractivity contribution in [1.29, 1.82) is 0 Å². The van der Waals surface area contributed by atoms with E-state index < -0.39 is 6.04 Å². The Kier molecular flexibility index (Phi) is 8.08. The van der Waals surface area contributed by atoms with E-state index >= 15 is 0 Å². The Bertz CT molecular complexity index is 1020. The van der Waals surface area contributed by atoms with E-state index in [0.717, 1.165) is 17.3 Å². The molecule has 9 heteroatoms. The van der Waals surface area contributed by atoms with Gasteiger partial charge in [-0.05, 0) is 50.1 Å². The van der Waals surface area contributed by atoms with Gasteiger partial charge in [-0.3, -0.25) is 19.4 Å². The van der Waals surface area contributed by atoms with E-state index in [9.17, 15) is 14.4 Å². The molecule has 2 aromatic rings. The summed E-state index contributed by atoms with van der Waals surface area (Å²) in [5.41, 5.74) is 1.12. The molecule has 0 bridgehead atoms. The second kappa shape index (κ2) is 11.0. The molecule has 33 heavy (non-hydrogen) atoms. The number of amides is 3. The number of benzene rings is 1. The molecule has 0 spiro atoms. The largest absolute Gasteiger partial charge is 0.496 e. The van der Waals surface area contributed by atoms with Gasteiger partial charge in [-0.2, -0.15) is 0 Å². The maximum absolute atomic E-state index is 13.1. The molecule has 3 unspecified atom stereocenters. The highest BCUT2D eigenvalue weighted by Gasteiger charge is 2.30. The number of nitrogens with one attached hydrogen (secondary N) is 4. The van der Waals surface area contributed by atoms with Crippen LogP contribution in [0.2, 0.25) is 0 Å². The lowest BCUT2D eigenvalue weighted by Crippen LogP contribution is -2.51. The van der Waals surface area contributed by atoms with E-state index in [2.05, 4.69) is 32.6 Å². The normalized spacial score (nSPS) is 17.5. The molecular formula is C24H33N5O4. The van der Waals surface area contributed by atoms with Crippen LogP contribution in [0.5, 0.6) is 5.75 Å². The van der Waals surface area contributed by atoms with Crippen LogP contribution < -0.4 is 20.7 Å². The van der Waals surface area contributed by atoms with Crippen molar-refractivity contribution in [2.24, 2.45) is 16.8 Å². The van der Waals surface area contributed by atoms with Crippen molar-refractivity contribution >= 4 is 35.3 Å². The van der Waals surface area contributed by atoms with Crippen LogP contribution in [-0.2, 0) is 9.59 Å². The second-order valence-corrected chi connectivity index (χ2v) is 8.88. The van der Waals surface area contributed by atoms with Crippen LogP contribution in [0.3, 0.4) is 0 Å². The number of methoxy groups -OCH3 is 1. The number of ether oxygens (including phenoxy) is 1. The molecule has 1 saturated heterocycles. The molecular weight excluding hydrogens is 422 g/mol. The fraction of sp³-hybridized carbons (Fsp3) is 0.500. The van der Waals surface area contributed by atoms with Gasteiger partial charge >= 0.3 is 0 Å². The summed E-state index contributed by atoms with van der Waals surface area (Å²) in [6, 6.07) is 6.19.